The van der Waals surface area contributed by atoms with Gasteiger partial charge in [-0.2, -0.15) is 5.21 Å². The molecular formula is C25H27N7O2. The van der Waals surface area contributed by atoms with Crippen molar-refractivity contribution >= 4 is 11.8 Å². The molecule has 2 aromatic heterocycles. The third-order valence-corrected chi connectivity index (χ3v) is 5.83. The number of carbonyl (C=O) groups excluding carboxylic acids is 2. The number of tetrazole rings is 1. The van der Waals surface area contributed by atoms with E-state index in [0.717, 1.165) is 5.56 Å². The van der Waals surface area contributed by atoms with Gasteiger partial charge in [-0.15, -0.1) is 10.2 Å². The van der Waals surface area contributed by atoms with Gasteiger partial charge in [0.05, 0.1) is 0 Å². The standard InChI is InChI=1S/C25H27N7O2/c1-31-15-7-12-22(31)24(33)26-14-13-21(16-18-8-4-3-5-9-18)32(2)25(34)20-11-6-10-19(17-20)23-27-29-30-28-23/h3-12,15,17,21H,13-14,16H2,1-2H3,(H,26,33)(H,27,28,29,30). The number of rotatable bonds is 9. The number of aromatic amines is 1. The monoisotopic (exact) mass is 457 g/mol. The summed E-state index contributed by atoms with van der Waals surface area (Å²) in [6, 6.07) is 20.7. The van der Waals surface area contributed by atoms with Gasteiger partial charge in [-0.25, -0.2) is 0 Å². The SMILES string of the molecule is CN(C(=O)c1cccc(-c2nn[nH]n2)c1)C(CCNC(=O)c1cccn1C)Cc1ccccc1. The summed E-state index contributed by atoms with van der Waals surface area (Å²) < 4.78 is 1.78. The van der Waals surface area contributed by atoms with Crippen molar-refractivity contribution in [3.8, 4) is 11.4 Å². The van der Waals surface area contributed by atoms with E-state index in [2.05, 4.69) is 25.9 Å². The highest BCUT2D eigenvalue weighted by Crippen LogP contribution is 2.19. The summed E-state index contributed by atoms with van der Waals surface area (Å²) in [5.74, 6) is 0.189. The molecule has 0 bridgehead atoms. The van der Waals surface area contributed by atoms with Crippen molar-refractivity contribution in [2.24, 2.45) is 7.05 Å². The van der Waals surface area contributed by atoms with Gasteiger partial charge in [-0.1, -0.05) is 42.5 Å². The average molecular weight is 458 g/mol. The van der Waals surface area contributed by atoms with E-state index in [1.165, 1.54) is 0 Å². The number of hydrogen-bond donors (Lipinski definition) is 2. The second kappa shape index (κ2) is 10.6. The molecule has 0 aliphatic rings. The van der Waals surface area contributed by atoms with Crippen molar-refractivity contribution in [3.05, 3.63) is 89.7 Å². The first-order chi connectivity index (χ1) is 16.5. The molecule has 2 N–H and O–H groups in total. The summed E-state index contributed by atoms with van der Waals surface area (Å²) in [4.78, 5) is 27.7. The van der Waals surface area contributed by atoms with Crippen molar-refractivity contribution in [3.63, 3.8) is 0 Å². The van der Waals surface area contributed by atoms with Crippen molar-refractivity contribution in [2.45, 2.75) is 18.9 Å². The van der Waals surface area contributed by atoms with Crippen LogP contribution in [0.25, 0.3) is 11.4 Å². The summed E-state index contributed by atoms with van der Waals surface area (Å²) in [5.41, 5.74) is 2.97. The number of benzene rings is 2. The highest BCUT2D eigenvalue weighted by Gasteiger charge is 2.22. The van der Waals surface area contributed by atoms with Gasteiger partial charge in [0.15, 0.2) is 0 Å². The lowest BCUT2D eigenvalue weighted by atomic mass is 10.0. The third kappa shape index (κ3) is 5.37. The lowest BCUT2D eigenvalue weighted by Crippen LogP contribution is -2.41. The molecule has 2 amide bonds. The topological polar surface area (TPSA) is 109 Å². The molecule has 0 fully saturated rings. The molecule has 0 saturated carbocycles. The van der Waals surface area contributed by atoms with Crippen LogP contribution < -0.4 is 5.32 Å². The van der Waals surface area contributed by atoms with E-state index in [-0.39, 0.29) is 17.9 Å². The van der Waals surface area contributed by atoms with Crippen LogP contribution in [0.5, 0.6) is 0 Å². The van der Waals surface area contributed by atoms with Gasteiger partial charge in [-0.3, -0.25) is 9.59 Å². The summed E-state index contributed by atoms with van der Waals surface area (Å²) >= 11 is 0. The lowest BCUT2D eigenvalue weighted by molar-refractivity contribution is 0.0723. The van der Waals surface area contributed by atoms with Crippen LogP contribution in [0.15, 0.2) is 72.9 Å². The molecule has 174 valence electrons. The van der Waals surface area contributed by atoms with E-state index in [9.17, 15) is 9.59 Å². The minimum Gasteiger partial charge on any atom is -0.351 e. The highest BCUT2D eigenvalue weighted by molar-refractivity contribution is 5.95. The normalized spacial score (nSPS) is 11.7. The Bertz CT molecular complexity index is 1240. The van der Waals surface area contributed by atoms with Crippen LogP contribution in [0.4, 0.5) is 0 Å². The molecule has 0 aliphatic heterocycles. The fourth-order valence-electron chi connectivity index (χ4n) is 3.90. The first-order valence-corrected chi connectivity index (χ1v) is 11.1. The second-order valence-electron chi connectivity index (χ2n) is 8.12. The quantitative estimate of drug-likeness (QED) is 0.402. The van der Waals surface area contributed by atoms with Crippen LogP contribution in [-0.4, -0.2) is 61.5 Å². The Kier molecular flexibility index (Phi) is 7.12. The third-order valence-electron chi connectivity index (χ3n) is 5.83. The molecule has 2 aromatic carbocycles. The van der Waals surface area contributed by atoms with Crippen LogP contribution in [0.3, 0.4) is 0 Å². The molecule has 0 aliphatic carbocycles. The van der Waals surface area contributed by atoms with E-state index in [4.69, 9.17) is 0 Å². The van der Waals surface area contributed by atoms with E-state index in [0.29, 0.717) is 42.0 Å². The molecular weight excluding hydrogens is 430 g/mol. The van der Waals surface area contributed by atoms with Gasteiger partial charge in [-0.05, 0) is 47.9 Å². The van der Waals surface area contributed by atoms with Crippen LogP contribution in [-0.2, 0) is 13.5 Å². The molecule has 4 aromatic rings. The number of nitrogens with one attached hydrogen (secondary N) is 2. The Morgan fingerprint density at radius 1 is 1.09 bits per heavy atom. The number of aryl methyl sites for hydroxylation is 1. The van der Waals surface area contributed by atoms with Crippen LogP contribution in [0, 0.1) is 0 Å². The molecule has 9 heteroatoms. The van der Waals surface area contributed by atoms with Crippen molar-refractivity contribution in [1.82, 2.24) is 35.4 Å². The summed E-state index contributed by atoms with van der Waals surface area (Å²) in [6.07, 6.45) is 3.12. The van der Waals surface area contributed by atoms with E-state index in [1.54, 1.807) is 40.8 Å². The Morgan fingerprint density at radius 2 is 1.91 bits per heavy atom. The Labute approximate surface area is 197 Å². The minimum absolute atomic E-state index is 0.111. The van der Waals surface area contributed by atoms with E-state index < -0.39 is 0 Å². The number of likely N-dealkylation sites (N-methyl/N-ethyl adjacent to an activating group) is 1. The molecule has 1 atom stereocenters. The van der Waals surface area contributed by atoms with Gasteiger partial charge >= 0.3 is 0 Å². The summed E-state index contributed by atoms with van der Waals surface area (Å²) in [7, 11) is 3.64. The largest absolute Gasteiger partial charge is 0.351 e. The van der Waals surface area contributed by atoms with Gasteiger partial charge in [0.1, 0.15) is 5.69 Å². The maximum atomic E-state index is 13.4. The van der Waals surface area contributed by atoms with Crippen LogP contribution in [0.2, 0.25) is 0 Å². The molecule has 34 heavy (non-hydrogen) atoms. The number of aromatic nitrogens is 5. The number of hydrogen-bond acceptors (Lipinski definition) is 5. The second-order valence-corrected chi connectivity index (χ2v) is 8.12. The minimum atomic E-state index is -0.132. The van der Waals surface area contributed by atoms with Crippen molar-refractivity contribution < 1.29 is 9.59 Å². The fourth-order valence-corrected chi connectivity index (χ4v) is 3.90. The highest BCUT2D eigenvalue weighted by atomic mass is 16.2. The number of H-pyrrole nitrogens is 1. The summed E-state index contributed by atoms with van der Waals surface area (Å²) in [5, 5.41) is 17.0. The molecule has 1 unspecified atom stereocenters. The molecule has 4 rings (SSSR count). The Morgan fingerprint density at radius 3 is 2.62 bits per heavy atom. The first-order valence-electron chi connectivity index (χ1n) is 11.1. The van der Waals surface area contributed by atoms with Gasteiger partial charge < -0.3 is 14.8 Å². The van der Waals surface area contributed by atoms with Gasteiger partial charge in [0.25, 0.3) is 11.8 Å². The summed E-state index contributed by atoms with van der Waals surface area (Å²) in [6.45, 7) is 0.446. The van der Waals surface area contributed by atoms with Crippen LogP contribution in [0.1, 0.15) is 32.8 Å². The van der Waals surface area contributed by atoms with Gasteiger partial charge in [0, 0.05) is 44.0 Å². The number of amides is 2. The first kappa shape index (κ1) is 22.9. The molecule has 0 radical (unpaired) electrons. The molecule has 0 saturated heterocycles. The predicted molar refractivity (Wildman–Crippen MR) is 128 cm³/mol. The van der Waals surface area contributed by atoms with Gasteiger partial charge in [0.2, 0.25) is 5.82 Å². The Balaban J connectivity index is 1.48. The van der Waals surface area contributed by atoms with Crippen molar-refractivity contribution in [2.75, 3.05) is 13.6 Å². The smallest absolute Gasteiger partial charge is 0.267 e. The predicted octanol–water partition coefficient (Wildman–Crippen LogP) is 2.71. The fraction of sp³-hybridized carbons (Fsp3) is 0.240. The zero-order valence-electron chi connectivity index (χ0n) is 19.2. The number of nitrogens with zero attached hydrogens (tertiary/aromatic N) is 5. The van der Waals surface area contributed by atoms with Crippen LogP contribution >= 0.6 is 0 Å². The number of carbonyl (C=O) groups is 2. The molecule has 0 spiro atoms. The molecule has 9 nitrogen and oxygen atoms in total. The Hall–Kier alpha value is -4.27. The zero-order chi connectivity index (χ0) is 23.9. The maximum Gasteiger partial charge on any atom is 0.267 e. The van der Waals surface area contributed by atoms with E-state index in [1.807, 2.05) is 55.7 Å². The zero-order valence-corrected chi connectivity index (χ0v) is 19.2. The molecule has 2 heterocycles. The van der Waals surface area contributed by atoms with E-state index >= 15 is 0 Å². The van der Waals surface area contributed by atoms with Crippen molar-refractivity contribution in [1.29, 1.82) is 0 Å². The lowest BCUT2D eigenvalue weighted by Gasteiger charge is -2.29. The average Bonchev–Trinajstić information content (AvgIpc) is 3.55. The maximum absolute atomic E-state index is 13.4.